The van der Waals surface area contributed by atoms with Crippen LogP contribution in [0.25, 0.3) is 10.8 Å². The maximum absolute atomic E-state index is 14.0. The number of amides is 1. The number of nitriles is 1. The molecule has 1 aromatic heterocycles. The first-order chi connectivity index (χ1) is 20.6. The zero-order valence-corrected chi connectivity index (χ0v) is 24.5. The van der Waals surface area contributed by atoms with Gasteiger partial charge >= 0.3 is 12.1 Å². The van der Waals surface area contributed by atoms with E-state index in [1.54, 1.807) is 11.9 Å². The Morgan fingerprint density at radius 3 is 2.67 bits per heavy atom. The lowest BCUT2D eigenvalue weighted by atomic mass is 10.0. The average Bonchev–Trinajstić information content (AvgIpc) is 3.25. The van der Waals surface area contributed by atoms with Gasteiger partial charge < -0.3 is 24.5 Å². The molecule has 2 saturated heterocycles. The van der Waals surface area contributed by atoms with Crippen molar-refractivity contribution in [1.29, 1.82) is 5.26 Å². The van der Waals surface area contributed by atoms with E-state index >= 15 is 0 Å². The third-order valence-corrected chi connectivity index (χ3v) is 8.91. The third-order valence-electron chi connectivity index (χ3n) is 8.59. The van der Waals surface area contributed by atoms with Gasteiger partial charge in [0.1, 0.15) is 12.4 Å². The SMILES string of the molecule is CN1CC(F)(F)C[C@H]1COc1nc2c(c(N3CCN(C(=O)O)[C@@H](CC#N)C3)n1)CCN(c1cccc3cccc(Cl)c13)C2. The van der Waals surface area contributed by atoms with Crippen LogP contribution < -0.4 is 14.5 Å². The summed E-state index contributed by atoms with van der Waals surface area (Å²) in [5.74, 6) is -2.14. The fourth-order valence-corrected chi connectivity index (χ4v) is 6.73. The van der Waals surface area contributed by atoms with Gasteiger partial charge in [0.2, 0.25) is 0 Å². The summed E-state index contributed by atoms with van der Waals surface area (Å²) >= 11 is 6.64. The summed E-state index contributed by atoms with van der Waals surface area (Å²) in [6, 6.07) is 13.1. The summed E-state index contributed by atoms with van der Waals surface area (Å²) in [6.07, 6.45) is -0.692. The summed E-state index contributed by atoms with van der Waals surface area (Å²) in [7, 11) is 1.65. The molecular formula is C30H32ClF2N7O3. The van der Waals surface area contributed by atoms with Gasteiger partial charge in [-0.3, -0.25) is 4.90 Å². The predicted octanol–water partition coefficient (Wildman–Crippen LogP) is 4.65. The molecule has 6 rings (SSSR count). The molecule has 4 heterocycles. The summed E-state index contributed by atoms with van der Waals surface area (Å²) in [5.41, 5.74) is 2.66. The molecule has 10 nitrogen and oxygen atoms in total. The zero-order valence-electron chi connectivity index (χ0n) is 23.7. The van der Waals surface area contributed by atoms with Crippen molar-refractivity contribution >= 4 is 40.0 Å². The maximum atomic E-state index is 14.0. The number of nitrogens with zero attached hydrogens (tertiary/aromatic N) is 7. The molecule has 3 aliphatic heterocycles. The first-order valence-corrected chi connectivity index (χ1v) is 14.7. The van der Waals surface area contributed by atoms with E-state index in [-0.39, 0.29) is 38.5 Å². The molecule has 1 N–H and O–H groups in total. The van der Waals surface area contributed by atoms with Crippen molar-refractivity contribution in [3.63, 3.8) is 0 Å². The maximum Gasteiger partial charge on any atom is 0.407 e. The summed E-state index contributed by atoms with van der Waals surface area (Å²) < 4.78 is 34.0. The van der Waals surface area contributed by atoms with Crippen LogP contribution in [0.1, 0.15) is 24.1 Å². The Kier molecular flexibility index (Phi) is 7.87. The lowest BCUT2D eigenvalue weighted by Crippen LogP contribution is -2.55. The normalized spacial score (nSPS) is 22.0. The number of anilines is 2. The second-order valence-electron chi connectivity index (χ2n) is 11.4. The quantitative estimate of drug-likeness (QED) is 0.426. The van der Waals surface area contributed by atoms with Crippen molar-refractivity contribution in [3.05, 3.63) is 52.7 Å². The third kappa shape index (κ3) is 5.84. The first kappa shape index (κ1) is 29.1. The molecule has 0 bridgehead atoms. The van der Waals surface area contributed by atoms with E-state index in [4.69, 9.17) is 26.3 Å². The monoisotopic (exact) mass is 611 g/mol. The van der Waals surface area contributed by atoms with Crippen LogP contribution in [0.4, 0.5) is 25.1 Å². The fraction of sp³-hybridized carbons (Fsp3) is 0.467. The minimum absolute atomic E-state index is 0.0107. The highest BCUT2D eigenvalue weighted by atomic mass is 35.5. The minimum atomic E-state index is -2.77. The average molecular weight is 612 g/mol. The Labute approximate surface area is 253 Å². The molecular weight excluding hydrogens is 580 g/mol. The van der Waals surface area contributed by atoms with Crippen LogP contribution in [0.2, 0.25) is 5.02 Å². The highest BCUT2D eigenvalue weighted by Crippen LogP contribution is 2.37. The van der Waals surface area contributed by atoms with Gasteiger partial charge in [-0.2, -0.15) is 15.2 Å². The number of aromatic nitrogens is 2. The molecule has 13 heteroatoms. The number of alkyl halides is 2. The topological polar surface area (TPSA) is 109 Å². The predicted molar refractivity (Wildman–Crippen MR) is 158 cm³/mol. The van der Waals surface area contributed by atoms with Crippen LogP contribution in [-0.4, -0.2) is 95.4 Å². The second kappa shape index (κ2) is 11.6. The molecule has 0 radical (unpaired) electrons. The van der Waals surface area contributed by atoms with Crippen molar-refractivity contribution in [1.82, 2.24) is 19.8 Å². The van der Waals surface area contributed by atoms with Gasteiger partial charge in [-0.1, -0.05) is 35.9 Å². The van der Waals surface area contributed by atoms with E-state index in [1.165, 1.54) is 4.90 Å². The Hall–Kier alpha value is -3.95. The van der Waals surface area contributed by atoms with Crippen LogP contribution in [0.5, 0.6) is 6.01 Å². The van der Waals surface area contributed by atoms with E-state index < -0.39 is 24.1 Å². The van der Waals surface area contributed by atoms with E-state index in [9.17, 15) is 23.9 Å². The van der Waals surface area contributed by atoms with Gasteiger partial charge in [0, 0.05) is 55.3 Å². The molecule has 3 aromatic rings. The zero-order chi connectivity index (χ0) is 30.3. The number of hydrogen-bond donors (Lipinski definition) is 1. The number of likely N-dealkylation sites (N-methyl/N-ethyl adjacent to an activating group) is 1. The number of fused-ring (bicyclic) bond motifs is 2. The van der Waals surface area contributed by atoms with Crippen molar-refractivity contribution < 1.29 is 23.4 Å². The van der Waals surface area contributed by atoms with Gasteiger partial charge in [0.25, 0.3) is 5.92 Å². The number of rotatable bonds is 6. The van der Waals surface area contributed by atoms with Crippen molar-refractivity contribution in [2.75, 3.05) is 56.2 Å². The van der Waals surface area contributed by atoms with E-state index in [0.29, 0.717) is 43.4 Å². The molecule has 0 spiro atoms. The van der Waals surface area contributed by atoms with Gasteiger partial charge in [0.05, 0.1) is 42.3 Å². The highest BCUT2D eigenvalue weighted by molar-refractivity contribution is 6.36. The molecule has 226 valence electrons. The van der Waals surface area contributed by atoms with Crippen LogP contribution in [0.3, 0.4) is 0 Å². The van der Waals surface area contributed by atoms with Gasteiger partial charge in [0.15, 0.2) is 0 Å². The van der Waals surface area contributed by atoms with E-state index in [2.05, 4.69) is 11.0 Å². The summed E-state index contributed by atoms with van der Waals surface area (Å²) in [5, 5.41) is 21.7. The number of ether oxygens (including phenoxy) is 1. The van der Waals surface area contributed by atoms with E-state index in [0.717, 1.165) is 27.7 Å². The lowest BCUT2D eigenvalue weighted by molar-refractivity contribution is 0.0136. The molecule has 3 aliphatic rings. The first-order valence-electron chi connectivity index (χ1n) is 14.3. The number of likely N-dealkylation sites (tertiary alicyclic amines) is 1. The largest absolute Gasteiger partial charge is 0.465 e. The summed E-state index contributed by atoms with van der Waals surface area (Å²) in [6.45, 7) is 1.71. The van der Waals surface area contributed by atoms with Crippen molar-refractivity contribution in [3.8, 4) is 12.1 Å². The number of carboxylic acid groups (broad SMARTS) is 1. The highest BCUT2D eigenvalue weighted by Gasteiger charge is 2.43. The van der Waals surface area contributed by atoms with Crippen LogP contribution in [-0.2, 0) is 13.0 Å². The van der Waals surface area contributed by atoms with Gasteiger partial charge in [-0.05, 0) is 31.0 Å². The Morgan fingerprint density at radius 2 is 1.95 bits per heavy atom. The molecule has 0 aliphatic carbocycles. The number of carbonyl (C=O) groups is 1. The molecule has 1 amide bonds. The molecule has 0 saturated carbocycles. The molecule has 2 fully saturated rings. The van der Waals surface area contributed by atoms with Gasteiger partial charge in [-0.15, -0.1) is 0 Å². The van der Waals surface area contributed by atoms with Crippen LogP contribution in [0.15, 0.2) is 36.4 Å². The van der Waals surface area contributed by atoms with Gasteiger partial charge in [-0.25, -0.2) is 13.6 Å². The molecule has 43 heavy (non-hydrogen) atoms. The second-order valence-corrected chi connectivity index (χ2v) is 11.8. The summed E-state index contributed by atoms with van der Waals surface area (Å²) in [4.78, 5) is 28.4. The lowest BCUT2D eigenvalue weighted by Gasteiger charge is -2.41. The molecule has 2 atom stereocenters. The Bertz CT molecular complexity index is 1580. The molecule has 2 aromatic carbocycles. The smallest absolute Gasteiger partial charge is 0.407 e. The molecule has 0 unspecified atom stereocenters. The minimum Gasteiger partial charge on any atom is -0.465 e. The van der Waals surface area contributed by atoms with Crippen molar-refractivity contribution in [2.24, 2.45) is 0 Å². The Balaban J connectivity index is 1.34. The number of benzene rings is 2. The number of halogens is 3. The van der Waals surface area contributed by atoms with Crippen LogP contribution >= 0.6 is 11.6 Å². The number of hydrogen-bond acceptors (Lipinski definition) is 8. The number of piperazine rings is 1. The fourth-order valence-electron chi connectivity index (χ4n) is 6.46. The van der Waals surface area contributed by atoms with E-state index in [1.807, 2.05) is 41.3 Å². The standard InChI is InChI=1S/C30H32ClF2N7O3/c1-37-18-30(32,33)14-21(37)17-43-28-35-24-16-38(25-7-3-5-19-4-2-6-23(31)26(19)25)11-9-22(24)27(36-28)39-12-13-40(29(41)42)20(15-39)8-10-34/h2-7,20-21H,8-9,11-18H2,1H3,(H,41,42)/t20-,21-/m0/s1. The van der Waals surface area contributed by atoms with Crippen molar-refractivity contribution in [2.45, 2.75) is 43.8 Å². The van der Waals surface area contributed by atoms with Crippen LogP contribution in [0, 0.1) is 11.3 Å². The Morgan fingerprint density at radius 1 is 1.16 bits per heavy atom.